The van der Waals surface area contributed by atoms with E-state index in [1.165, 1.54) is 6.92 Å². The summed E-state index contributed by atoms with van der Waals surface area (Å²) in [5.74, 6) is -0.0149. The van der Waals surface area contributed by atoms with Crippen molar-refractivity contribution >= 4 is 11.9 Å². The lowest BCUT2D eigenvalue weighted by molar-refractivity contribution is -0.114. The molecule has 0 saturated heterocycles. The molecule has 0 aromatic carbocycles. The van der Waals surface area contributed by atoms with Crippen molar-refractivity contribution in [2.45, 2.75) is 6.92 Å². The highest BCUT2D eigenvalue weighted by molar-refractivity contribution is 5.86. The highest BCUT2D eigenvalue weighted by Gasteiger charge is 1.96. The van der Waals surface area contributed by atoms with E-state index in [1.54, 1.807) is 0 Å². The maximum absolute atomic E-state index is 10.3. The molecule has 0 fully saturated rings. The second kappa shape index (κ2) is 2.21. The highest BCUT2D eigenvalue weighted by atomic mass is 16.1. The number of carbonyl (C=O) groups excluding carboxylic acids is 1. The van der Waals surface area contributed by atoms with Crippen LogP contribution in [0.3, 0.4) is 0 Å². The molecule has 0 saturated carbocycles. The number of amides is 1. The summed E-state index contributed by atoms with van der Waals surface area (Å²) >= 11 is 0. The van der Waals surface area contributed by atoms with Gasteiger partial charge in [-0.25, -0.2) is 0 Å². The Bertz CT molecular complexity index is 192. The zero-order valence-electron chi connectivity index (χ0n) is 4.75. The second-order valence-electron chi connectivity index (χ2n) is 1.42. The van der Waals surface area contributed by atoms with Crippen molar-refractivity contribution in [3.05, 3.63) is 0 Å². The Morgan fingerprint density at radius 3 is 3.00 bits per heavy atom. The summed E-state index contributed by atoms with van der Waals surface area (Å²) in [5, 5.41) is 14.7. The van der Waals surface area contributed by atoms with E-state index in [0.717, 1.165) is 0 Å². The van der Waals surface area contributed by atoms with Gasteiger partial charge in [0.15, 0.2) is 0 Å². The summed E-state index contributed by atoms with van der Waals surface area (Å²) in [6.07, 6.45) is 0. The minimum atomic E-state index is -0.212. The number of hydrogen-bond donors (Lipinski definition) is 2. The number of hydrogen-bond acceptors (Lipinski definition) is 4. The number of tetrazole rings is 1. The van der Waals surface area contributed by atoms with Crippen LogP contribution in [-0.4, -0.2) is 26.5 Å². The van der Waals surface area contributed by atoms with E-state index in [2.05, 4.69) is 25.9 Å². The van der Waals surface area contributed by atoms with Crippen LogP contribution in [0.5, 0.6) is 0 Å². The van der Waals surface area contributed by atoms with Gasteiger partial charge in [-0.15, -0.1) is 5.10 Å². The molecular weight excluding hydrogens is 122 g/mol. The Kier molecular flexibility index (Phi) is 1.39. The van der Waals surface area contributed by atoms with Crippen LogP contribution >= 0.6 is 0 Å². The molecule has 0 aliphatic rings. The number of H-pyrrole nitrogens is 1. The monoisotopic (exact) mass is 127 g/mol. The van der Waals surface area contributed by atoms with Crippen LogP contribution in [0.25, 0.3) is 0 Å². The number of nitrogens with one attached hydrogen (secondary N) is 2. The normalized spacial score (nSPS) is 9.00. The maximum atomic E-state index is 10.3. The van der Waals surface area contributed by atoms with E-state index >= 15 is 0 Å². The number of rotatable bonds is 1. The van der Waals surface area contributed by atoms with E-state index in [-0.39, 0.29) is 11.9 Å². The minimum absolute atomic E-state index is 0.197. The van der Waals surface area contributed by atoms with Crippen LogP contribution in [0.2, 0.25) is 0 Å². The van der Waals surface area contributed by atoms with Crippen LogP contribution < -0.4 is 5.32 Å². The van der Waals surface area contributed by atoms with Crippen LogP contribution in [0.1, 0.15) is 6.92 Å². The molecule has 1 heterocycles. The Balaban J connectivity index is 2.58. The molecule has 6 heteroatoms. The fourth-order valence-electron chi connectivity index (χ4n) is 0.372. The van der Waals surface area contributed by atoms with E-state index in [0.29, 0.717) is 0 Å². The van der Waals surface area contributed by atoms with Gasteiger partial charge < -0.3 is 0 Å². The van der Waals surface area contributed by atoms with Gasteiger partial charge in [0.1, 0.15) is 0 Å². The summed E-state index contributed by atoms with van der Waals surface area (Å²) in [5.41, 5.74) is 0. The second-order valence-corrected chi connectivity index (χ2v) is 1.42. The van der Waals surface area contributed by atoms with E-state index < -0.39 is 0 Å². The largest absolute Gasteiger partial charge is 0.292 e. The van der Waals surface area contributed by atoms with Crippen LogP contribution in [0.4, 0.5) is 5.95 Å². The minimum Gasteiger partial charge on any atom is -0.292 e. The molecule has 0 unspecified atom stereocenters. The topological polar surface area (TPSA) is 83.6 Å². The van der Waals surface area contributed by atoms with Crippen LogP contribution in [0.15, 0.2) is 0 Å². The molecule has 48 valence electrons. The summed E-state index contributed by atoms with van der Waals surface area (Å²) in [7, 11) is 0. The van der Waals surface area contributed by atoms with Gasteiger partial charge in [0.05, 0.1) is 0 Å². The lowest BCUT2D eigenvalue weighted by Crippen LogP contribution is -2.06. The molecule has 1 rings (SSSR count). The third-order valence-corrected chi connectivity index (χ3v) is 0.633. The molecule has 0 atom stereocenters. The highest BCUT2D eigenvalue weighted by Crippen LogP contribution is 1.87. The summed E-state index contributed by atoms with van der Waals surface area (Å²) in [4.78, 5) is 10.3. The van der Waals surface area contributed by atoms with Gasteiger partial charge in [-0.05, 0) is 5.21 Å². The molecule has 9 heavy (non-hydrogen) atoms. The van der Waals surface area contributed by atoms with Crippen molar-refractivity contribution in [2.24, 2.45) is 0 Å². The molecule has 1 amide bonds. The Morgan fingerprint density at radius 2 is 2.56 bits per heavy atom. The summed E-state index contributed by atoms with van der Waals surface area (Å²) in [6.45, 7) is 1.37. The van der Waals surface area contributed by atoms with Crippen molar-refractivity contribution < 1.29 is 4.79 Å². The van der Waals surface area contributed by atoms with Gasteiger partial charge in [0, 0.05) is 6.92 Å². The quantitative estimate of drug-likeness (QED) is 0.515. The molecule has 1 aromatic rings. The lowest BCUT2D eigenvalue weighted by Gasteiger charge is -1.88. The number of carbonyl (C=O) groups is 1. The number of nitrogens with zero attached hydrogens (tertiary/aromatic N) is 3. The average molecular weight is 127 g/mol. The standard InChI is InChI=1S/C3H5N5O/c1-2(9)4-3-5-7-8-6-3/h1H3,(H2,4,5,6,7,8,9). The molecule has 0 spiro atoms. The third kappa shape index (κ3) is 1.48. The van der Waals surface area contributed by atoms with Crippen molar-refractivity contribution in [3.8, 4) is 0 Å². The fraction of sp³-hybridized carbons (Fsp3) is 0.333. The van der Waals surface area contributed by atoms with Gasteiger partial charge >= 0.3 is 0 Å². The number of aromatic nitrogens is 4. The average Bonchev–Trinajstić information content (AvgIpc) is 2.15. The Hall–Kier alpha value is -1.46. The SMILES string of the molecule is CC(=O)Nc1nn[nH]n1. The van der Waals surface area contributed by atoms with Crippen LogP contribution in [-0.2, 0) is 4.79 Å². The van der Waals surface area contributed by atoms with Gasteiger partial charge in [-0.3, -0.25) is 10.1 Å². The Labute approximate surface area is 50.6 Å². The fourth-order valence-corrected chi connectivity index (χ4v) is 0.372. The molecule has 0 bridgehead atoms. The maximum Gasteiger partial charge on any atom is 0.269 e. The van der Waals surface area contributed by atoms with Crippen molar-refractivity contribution in [2.75, 3.05) is 5.32 Å². The molecular formula is C3H5N5O. The van der Waals surface area contributed by atoms with Gasteiger partial charge in [-0.1, -0.05) is 5.10 Å². The van der Waals surface area contributed by atoms with Gasteiger partial charge in [-0.2, -0.15) is 5.21 Å². The first kappa shape index (κ1) is 5.67. The zero-order chi connectivity index (χ0) is 6.69. The molecule has 6 nitrogen and oxygen atoms in total. The van der Waals surface area contributed by atoms with E-state index in [4.69, 9.17) is 0 Å². The van der Waals surface area contributed by atoms with E-state index in [9.17, 15) is 4.79 Å². The van der Waals surface area contributed by atoms with Crippen molar-refractivity contribution in [3.63, 3.8) is 0 Å². The lowest BCUT2D eigenvalue weighted by atomic mass is 10.7. The number of anilines is 1. The van der Waals surface area contributed by atoms with Crippen molar-refractivity contribution in [1.29, 1.82) is 0 Å². The Morgan fingerprint density at radius 1 is 1.78 bits per heavy atom. The molecule has 2 N–H and O–H groups in total. The third-order valence-electron chi connectivity index (χ3n) is 0.633. The summed E-state index contributed by atoms with van der Waals surface area (Å²) < 4.78 is 0. The van der Waals surface area contributed by atoms with Crippen LogP contribution in [0, 0.1) is 0 Å². The first-order valence-electron chi connectivity index (χ1n) is 2.30. The molecule has 0 radical (unpaired) electrons. The first-order valence-corrected chi connectivity index (χ1v) is 2.30. The predicted molar refractivity (Wildman–Crippen MR) is 28.5 cm³/mol. The van der Waals surface area contributed by atoms with Gasteiger partial charge in [0.2, 0.25) is 5.91 Å². The summed E-state index contributed by atoms with van der Waals surface area (Å²) in [6, 6.07) is 0. The molecule has 0 aliphatic carbocycles. The van der Waals surface area contributed by atoms with Gasteiger partial charge in [0.25, 0.3) is 5.95 Å². The smallest absolute Gasteiger partial charge is 0.269 e. The van der Waals surface area contributed by atoms with Crippen molar-refractivity contribution in [1.82, 2.24) is 20.6 Å². The first-order chi connectivity index (χ1) is 4.29. The molecule has 1 aromatic heterocycles. The van der Waals surface area contributed by atoms with E-state index in [1.807, 2.05) is 0 Å². The predicted octanol–water partition coefficient (Wildman–Crippen LogP) is -0.842. The zero-order valence-corrected chi connectivity index (χ0v) is 4.75. The number of aromatic amines is 1. The molecule has 0 aliphatic heterocycles.